The van der Waals surface area contributed by atoms with Crippen LogP contribution in [0.25, 0.3) is 0 Å². The fraction of sp³-hybridized carbons (Fsp3) is 0.375. The maximum absolute atomic E-state index is 12.5. The molecule has 4 nitrogen and oxygen atoms in total. The average Bonchev–Trinajstić information content (AvgIpc) is 2.82. The number of ether oxygens (including phenoxy) is 1. The number of hydrogen-bond acceptors (Lipinski definition) is 3. The Morgan fingerprint density at radius 1 is 1.43 bits per heavy atom. The minimum Gasteiger partial charge on any atom is -0.496 e. The van der Waals surface area contributed by atoms with E-state index in [9.17, 15) is 4.79 Å². The molecule has 1 aliphatic carbocycles. The van der Waals surface area contributed by atoms with E-state index in [0.717, 1.165) is 6.54 Å². The van der Waals surface area contributed by atoms with Gasteiger partial charge in [-0.1, -0.05) is 41.0 Å². The smallest absolute Gasteiger partial charge is 0.283 e. The highest BCUT2D eigenvalue weighted by molar-refractivity contribution is 7.13. The SMILES string of the molecule is COc1ccc(Cl)cc1C(=O)N=c1sc(Cl)cn1CC1CCC1. The van der Waals surface area contributed by atoms with Crippen molar-refractivity contribution in [2.45, 2.75) is 25.8 Å². The van der Waals surface area contributed by atoms with Crippen molar-refractivity contribution in [3.05, 3.63) is 44.1 Å². The Hall–Kier alpha value is -1.30. The number of methoxy groups -OCH3 is 1. The summed E-state index contributed by atoms with van der Waals surface area (Å²) in [4.78, 5) is 17.4. The molecule has 0 atom stereocenters. The molecule has 122 valence electrons. The van der Waals surface area contributed by atoms with E-state index in [0.29, 0.717) is 31.4 Å². The normalized spacial score (nSPS) is 15.5. The molecule has 0 bridgehead atoms. The lowest BCUT2D eigenvalue weighted by molar-refractivity contribution is 0.0994. The molecule has 1 aromatic carbocycles. The molecular weight excluding hydrogens is 355 g/mol. The van der Waals surface area contributed by atoms with Crippen molar-refractivity contribution in [3.8, 4) is 5.75 Å². The van der Waals surface area contributed by atoms with Gasteiger partial charge in [-0.25, -0.2) is 0 Å². The van der Waals surface area contributed by atoms with Gasteiger partial charge in [0, 0.05) is 17.8 Å². The van der Waals surface area contributed by atoms with Crippen LogP contribution in [0.15, 0.2) is 29.4 Å². The first kappa shape index (κ1) is 16.6. The molecule has 0 N–H and O–H groups in total. The zero-order valence-corrected chi connectivity index (χ0v) is 14.9. The molecule has 7 heteroatoms. The zero-order valence-electron chi connectivity index (χ0n) is 12.6. The summed E-state index contributed by atoms with van der Waals surface area (Å²) in [5, 5.41) is 0.468. The molecule has 0 unspecified atom stereocenters. The van der Waals surface area contributed by atoms with Crippen molar-refractivity contribution in [2.75, 3.05) is 7.11 Å². The van der Waals surface area contributed by atoms with E-state index in [-0.39, 0.29) is 5.91 Å². The summed E-state index contributed by atoms with van der Waals surface area (Å²) in [6, 6.07) is 4.91. The van der Waals surface area contributed by atoms with E-state index in [2.05, 4.69) is 4.99 Å². The first-order valence-corrected chi connectivity index (χ1v) is 8.92. The highest BCUT2D eigenvalue weighted by Crippen LogP contribution is 2.28. The minimum absolute atomic E-state index is 0.347. The molecule has 1 heterocycles. The molecule has 0 radical (unpaired) electrons. The molecule has 1 aromatic heterocycles. The van der Waals surface area contributed by atoms with Crippen LogP contribution in [0, 0.1) is 5.92 Å². The maximum Gasteiger partial charge on any atom is 0.283 e. The molecule has 0 aliphatic heterocycles. The summed E-state index contributed by atoms with van der Waals surface area (Å²) in [6.45, 7) is 0.849. The maximum atomic E-state index is 12.5. The second-order valence-corrected chi connectivity index (χ2v) is 7.61. The highest BCUT2D eigenvalue weighted by Gasteiger charge is 2.19. The van der Waals surface area contributed by atoms with Crippen LogP contribution in [-0.2, 0) is 6.54 Å². The topological polar surface area (TPSA) is 43.6 Å². The van der Waals surface area contributed by atoms with Gasteiger partial charge < -0.3 is 9.30 Å². The summed E-state index contributed by atoms with van der Waals surface area (Å²) < 4.78 is 7.80. The van der Waals surface area contributed by atoms with Crippen molar-refractivity contribution >= 4 is 40.4 Å². The quantitative estimate of drug-likeness (QED) is 0.799. The lowest BCUT2D eigenvalue weighted by Gasteiger charge is -2.25. The lowest BCUT2D eigenvalue weighted by Crippen LogP contribution is -2.24. The molecule has 1 amide bonds. The van der Waals surface area contributed by atoms with Gasteiger partial charge in [0.25, 0.3) is 5.91 Å². The average molecular weight is 371 g/mol. The van der Waals surface area contributed by atoms with E-state index in [1.54, 1.807) is 18.2 Å². The van der Waals surface area contributed by atoms with Crippen LogP contribution < -0.4 is 9.54 Å². The number of aromatic nitrogens is 1. The van der Waals surface area contributed by atoms with Crippen LogP contribution >= 0.6 is 34.5 Å². The molecule has 2 aromatic rings. The van der Waals surface area contributed by atoms with E-state index in [4.69, 9.17) is 27.9 Å². The summed E-state index contributed by atoms with van der Waals surface area (Å²) in [5.74, 6) is 0.719. The Morgan fingerprint density at radius 3 is 2.87 bits per heavy atom. The van der Waals surface area contributed by atoms with Crippen LogP contribution in [0.3, 0.4) is 0 Å². The predicted octanol–water partition coefficient (Wildman–Crippen LogP) is 4.41. The number of carbonyl (C=O) groups excluding carboxylic acids is 1. The van der Waals surface area contributed by atoms with Gasteiger partial charge in [0.05, 0.1) is 12.7 Å². The molecule has 1 aliphatic rings. The van der Waals surface area contributed by atoms with Gasteiger partial charge in [-0.05, 0) is 37.0 Å². The van der Waals surface area contributed by atoms with E-state index in [1.807, 2.05) is 10.8 Å². The summed E-state index contributed by atoms with van der Waals surface area (Å²) >= 11 is 13.4. The highest BCUT2D eigenvalue weighted by atomic mass is 35.5. The van der Waals surface area contributed by atoms with Crippen molar-refractivity contribution in [1.29, 1.82) is 0 Å². The molecule has 0 saturated heterocycles. The second kappa shape index (κ2) is 7.07. The molecule has 1 fully saturated rings. The van der Waals surface area contributed by atoms with Crippen LogP contribution in [0.1, 0.15) is 29.6 Å². The number of nitrogens with zero attached hydrogens (tertiary/aromatic N) is 2. The molecule has 1 saturated carbocycles. The Bertz CT molecular complexity index is 794. The van der Waals surface area contributed by atoms with Crippen LogP contribution in [0.2, 0.25) is 9.36 Å². The number of benzene rings is 1. The predicted molar refractivity (Wildman–Crippen MR) is 92.6 cm³/mol. The van der Waals surface area contributed by atoms with Gasteiger partial charge >= 0.3 is 0 Å². The number of carbonyl (C=O) groups is 1. The molecule has 23 heavy (non-hydrogen) atoms. The third-order valence-corrected chi connectivity index (χ3v) is 5.33. The Balaban J connectivity index is 1.94. The van der Waals surface area contributed by atoms with Crippen molar-refractivity contribution < 1.29 is 9.53 Å². The Kier molecular flexibility index (Phi) is 5.09. The number of hydrogen-bond donors (Lipinski definition) is 0. The molecular formula is C16H16Cl2N2O2S. The van der Waals surface area contributed by atoms with Crippen molar-refractivity contribution in [1.82, 2.24) is 4.57 Å². The summed E-state index contributed by atoms with van der Waals surface area (Å²) in [5.41, 5.74) is 0.347. The number of rotatable bonds is 4. The standard InChI is InChI=1S/C16H16Cl2N2O2S/c1-22-13-6-5-11(17)7-12(13)15(21)19-16-20(9-14(18)23-16)8-10-3-2-4-10/h5-7,9-10H,2-4,8H2,1H3. The van der Waals surface area contributed by atoms with Gasteiger partial charge in [-0.3, -0.25) is 4.79 Å². The van der Waals surface area contributed by atoms with Crippen molar-refractivity contribution in [3.63, 3.8) is 0 Å². The molecule has 0 spiro atoms. The van der Waals surface area contributed by atoms with Gasteiger partial charge in [-0.2, -0.15) is 4.99 Å². The summed E-state index contributed by atoms with van der Waals surface area (Å²) in [7, 11) is 1.51. The van der Waals surface area contributed by atoms with E-state index < -0.39 is 0 Å². The fourth-order valence-corrected chi connectivity index (χ4v) is 3.74. The van der Waals surface area contributed by atoms with E-state index in [1.165, 1.54) is 37.7 Å². The minimum atomic E-state index is -0.384. The number of amides is 1. The fourth-order valence-electron chi connectivity index (χ4n) is 2.52. The lowest BCUT2D eigenvalue weighted by atomic mass is 9.85. The summed E-state index contributed by atoms with van der Waals surface area (Å²) in [6.07, 6.45) is 5.55. The number of thiazole rings is 1. The Labute approximate surface area is 148 Å². The third-order valence-electron chi connectivity index (χ3n) is 3.96. The first-order valence-electron chi connectivity index (χ1n) is 7.35. The zero-order chi connectivity index (χ0) is 16.4. The van der Waals surface area contributed by atoms with Gasteiger partial charge in [0.1, 0.15) is 10.1 Å². The largest absolute Gasteiger partial charge is 0.496 e. The van der Waals surface area contributed by atoms with E-state index >= 15 is 0 Å². The van der Waals surface area contributed by atoms with Crippen molar-refractivity contribution in [2.24, 2.45) is 10.9 Å². The number of halogens is 2. The van der Waals surface area contributed by atoms with Crippen LogP contribution in [-0.4, -0.2) is 17.6 Å². The van der Waals surface area contributed by atoms with Gasteiger partial charge in [-0.15, -0.1) is 0 Å². The monoisotopic (exact) mass is 370 g/mol. The third kappa shape index (κ3) is 3.79. The first-order chi connectivity index (χ1) is 11.1. The molecule has 3 rings (SSSR count). The second-order valence-electron chi connectivity index (χ2n) is 5.53. The van der Waals surface area contributed by atoms with Gasteiger partial charge in [0.2, 0.25) is 0 Å². The van der Waals surface area contributed by atoms with Gasteiger partial charge in [0.15, 0.2) is 4.80 Å². The Morgan fingerprint density at radius 2 is 2.22 bits per heavy atom. The van der Waals surface area contributed by atoms with Crippen LogP contribution in [0.4, 0.5) is 0 Å². The van der Waals surface area contributed by atoms with Crippen LogP contribution in [0.5, 0.6) is 5.75 Å².